The van der Waals surface area contributed by atoms with Crippen LogP contribution < -0.4 is 40.0 Å². The van der Waals surface area contributed by atoms with Crippen LogP contribution in [0.15, 0.2) is 60.7 Å². The van der Waals surface area contributed by atoms with Gasteiger partial charge in [-0.3, -0.25) is 4.79 Å². The monoisotopic (exact) mass is 586 g/mol. The number of hydrogen-bond donors (Lipinski definition) is 3. The zero-order valence-electron chi connectivity index (χ0n) is 24.8. The SMILES string of the molecule is CC(C)c1c(C(=O)Nc2ccccc2)c(-c2ccccc2)c(C2CCC(F)CC2)n1CC[C@@H](O)C[C@@H](O)CC(=O)[O-].[Na+]. The zero-order chi connectivity index (χ0) is 29.5. The minimum atomic E-state index is -1.37. The summed E-state index contributed by atoms with van der Waals surface area (Å²) >= 11 is 0. The van der Waals surface area contributed by atoms with Crippen LogP contribution in [0.4, 0.5) is 10.1 Å². The number of anilines is 1. The van der Waals surface area contributed by atoms with Crippen molar-refractivity contribution in [3.05, 3.63) is 77.6 Å². The Kier molecular flexibility index (Phi) is 12.8. The van der Waals surface area contributed by atoms with E-state index in [1.807, 2.05) is 74.5 Å². The Balaban J connectivity index is 0.00000484. The summed E-state index contributed by atoms with van der Waals surface area (Å²) in [5.41, 5.74) is 4.77. The van der Waals surface area contributed by atoms with Crippen LogP contribution in [0.5, 0.6) is 0 Å². The van der Waals surface area contributed by atoms with E-state index in [4.69, 9.17) is 0 Å². The van der Waals surface area contributed by atoms with E-state index in [2.05, 4.69) is 9.88 Å². The Morgan fingerprint density at radius 3 is 2.14 bits per heavy atom. The van der Waals surface area contributed by atoms with Gasteiger partial charge in [-0.15, -0.1) is 0 Å². The molecular weight excluding hydrogens is 546 g/mol. The quantitative estimate of drug-likeness (QED) is 0.282. The largest absolute Gasteiger partial charge is 1.00 e. The maximum absolute atomic E-state index is 14.3. The molecule has 0 bridgehead atoms. The van der Waals surface area contributed by atoms with Crippen LogP contribution in [0, 0.1) is 0 Å². The van der Waals surface area contributed by atoms with Crippen molar-refractivity contribution in [2.24, 2.45) is 0 Å². The number of aliphatic carboxylic acids is 1. The minimum absolute atomic E-state index is 0. The van der Waals surface area contributed by atoms with Gasteiger partial charge in [0.1, 0.15) is 6.17 Å². The van der Waals surface area contributed by atoms with Crippen molar-refractivity contribution in [3.63, 3.8) is 0 Å². The third kappa shape index (κ3) is 8.54. The fourth-order valence-corrected chi connectivity index (χ4v) is 6.08. The third-order valence-electron chi connectivity index (χ3n) is 7.89. The smallest absolute Gasteiger partial charge is 0.550 e. The summed E-state index contributed by atoms with van der Waals surface area (Å²) in [4.78, 5) is 25.0. The molecule has 1 fully saturated rings. The summed E-state index contributed by atoms with van der Waals surface area (Å²) in [6.07, 6.45) is -1.21. The molecule has 1 amide bonds. The molecule has 1 saturated carbocycles. The van der Waals surface area contributed by atoms with Crippen LogP contribution in [0.2, 0.25) is 0 Å². The average molecular weight is 587 g/mol. The van der Waals surface area contributed by atoms with Crippen molar-refractivity contribution < 1.29 is 58.9 Å². The van der Waals surface area contributed by atoms with E-state index in [0.717, 1.165) is 22.5 Å². The van der Waals surface area contributed by atoms with Gasteiger partial charge in [-0.25, -0.2) is 4.39 Å². The molecule has 0 unspecified atom stereocenters. The van der Waals surface area contributed by atoms with Crippen molar-refractivity contribution in [2.75, 3.05) is 5.32 Å². The van der Waals surface area contributed by atoms with E-state index in [1.165, 1.54) is 0 Å². The summed E-state index contributed by atoms with van der Waals surface area (Å²) < 4.78 is 16.4. The number of alkyl halides is 1. The number of aliphatic hydroxyl groups excluding tert-OH is 2. The normalized spacial score (nSPS) is 18.2. The summed E-state index contributed by atoms with van der Waals surface area (Å²) in [6.45, 7) is 4.42. The van der Waals surface area contributed by atoms with Gasteiger partial charge in [-0.2, -0.15) is 0 Å². The van der Waals surface area contributed by atoms with Gasteiger partial charge in [0.15, 0.2) is 0 Å². The minimum Gasteiger partial charge on any atom is -0.550 e. The predicted octanol–water partition coefficient (Wildman–Crippen LogP) is 2.17. The first-order valence-corrected chi connectivity index (χ1v) is 14.5. The van der Waals surface area contributed by atoms with Crippen molar-refractivity contribution in [2.45, 2.75) is 95.6 Å². The Bertz CT molecular complexity index is 1310. The van der Waals surface area contributed by atoms with E-state index in [0.29, 0.717) is 43.5 Å². The second kappa shape index (κ2) is 15.8. The first-order chi connectivity index (χ1) is 19.7. The fraction of sp³-hybridized carbons (Fsp3) is 0.455. The zero-order valence-corrected chi connectivity index (χ0v) is 26.8. The molecule has 0 saturated heterocycles. The molecule has 7 nitrogen and oxygen atoms in total. The van der Waals surface area contributed by atoms with Gasteiger partial charge in [0, 0.05) is 47.5 Å². The predicted molar refractivity (Wildman–Crippen MR) is 155 cm³/mol. The van der Waals surface area contributed by atoms with Gasteiger partial charge in [-0.1, -0.05) is 62.4 Å². The number of carboxylic acid groups (broad SMARTS) is 1. The van der Waals surface area contributed by atoms with Gasteiger partial charge >= 0.3 is 29.6 Å². The number of aliphatic hydroxyl groups is 2. The number of amides is 1. The van der Waals surface area contributed by atoms with Crippen LogP contribution in [0.25, 0.3) is 11.1 Å². The number of halogens is 1. The van der Waals surface area contributed by atoms with Crippen LogP contribution in [0.1, 0.15) is 92.4 Å². The molecule has 0 aliphatic heterocycles. The number of para-hydroxylation sites is 1. The molecule has 0 spiro atoms. The van der Waals surface area contributed by atoms with Crippen molar-refractivity contribution in [1.82, 2.24) is 4.57 Å². The second-order valence-corrected chi connectivity index (χ2v) is 11.4. The molecule has 9 heteroatoms. The van der Waals surface area contributed by atoms with Crippen LogP contribution in [-0.2, 0) is 11.3 Å². The number of nitrogens with one attached hydrogen (secondary N) is 1. The van der Waals surface area contributed by atoms with E-state index < -0.39 is 30.8 Å². The van der Waals surface area contributed by atoms with E-state index >= 15 is 0 Å². The topological polar surface area (TPSA) is 115 Å². The van der Waals surface area contributed by atoms with Gasteiger partial charge in [0.2, 0.25) is 0 Å². The number of carbonyl (C=O) groups excluding carboxylic acids is 2. The molecule has 3 aromatic rings. The molecule has 1 aromatic heterocycles. The first-order valence-electron chi connectivity index (χ1n) is 14.5. The molecule has 3 N–H and O–H groups in total. The molecular formula is C33H40FN2NaO5. The molecule has 2 aromatic carbocycles. The van der Waals surface area contributed by atoms with Gasteiger partial charge in [-0.05, 0) is 62.1 Å². The maximum Gasteiger partial charge on any atom is 1.00 e. The maximum atomic E-state index is 14.3. The van der Waals surface area contributed by atoms with Crippen molar-refractivity contribution >= 4 is 17.6 Å². The van der Waals surface area contributed by atoms with E-state index in [1.54, 1.807) is 0 Å². The standard InChI is InChI=1S/C33H41FN2O5.Na/c1-21(2)31-30(33(41)35-25-11-7-4-8-12-25)29(22-9-5-3-6-10-22)32(23-13-15-24(34)16-14-23)36(31)18-17-26(37)19-27(38)20-28(39)40;/h3-12,21,23-24,26-27,37-38H,13-20H2,1-2H3,(H,35,41)(H,39,40);/q;+1/p-1/t23?,24?,26-,27-;/m1./s1. The van der Waals surface area contributed by atoms with Gasteiger partial charge in [0.25, 0.3) is 5.91 Å². The Morgan fingerprint density at radius 2 is 1.57 bits per heavy atom. The molecule has 42 heavy (non-hydrogen) atoms. The van der Waals surface area contributed by atoms with Crippen LogP contribution in [0.3, 0.4) is 0 Å². The number of carboxylic acids is 1. The first kappa shape index (κ1) is 34.0. The number of carbonyl (C=O) groups is 2. The Labute approximate surface area is 269 Å². The van der Waals surface area contributed by atoms with Crippen LogP contribution >= 0.6 is 0 Å². The van der Waals surface area contributed by atoms with Gasteiger partial charge in [0.05, 0.1) is 17.8 Å². The fourth-order valence-electron chi connectivity index (χ4n) is 6.08. The molecule has 1 aliphatic carbocycles. The van der Waals surface area contributed by atoms with Crippen LogP contribution in [-0.4, -0.2) is 45.0 Å². The van der Waals surface area contributed by atoms with E-state index in [9.17, 15) is 29.3 Å². The third-order valence-corrected chi connectivity index (χ3v) is 7.89. The number of benzene rings is 2. The Morgan fingerprint density at radius 1 is 0.976 bits per heavy atom. The summed E-state index contributed by atoms with van der Waals surface area (Å²) in [5.74, 6) is -1.64. The van der Waals surface area contributed by atoms with Crippen molar-refractivity contribution in [1.29, 1.82) is 0 Å². The molecule has 0 radical (unpaired) electrons. The number of rotatable bonds is 12. The van der Waals surface area contributed by atoms with Crippen molar-refractivity contribution in [3.8, 4) is 11.1 Å². The number of hydrogen-bond acceptors (Lipinski definition) is 5. The Hall–Kier alpha value is -2.49. The average Bonchev–Trinajstić information content (AvgIpc) is 3.28. The van der Waals surface area contributed by atoms with E-state index in [-0.39, 0.29) is 60.1 Å². The second-order valence-electron chi connectivity index (χ2n) is 11.4. The number of nitrogens with zero attached hydrogens (tertiary/aromatic N) is 1. The molecule has 220 valence electrons. The molecule has 4 rings (SSSR count). The van der Waals surface area contributed by atoms with Gasteiger partial charge < -0.3 is 30.0 Å². The molecule has 1 aliphatic rings. The summed E-state index contributed by atoms with van der Waals surface area (Å²) in [7, 11) is 0. The molecule has 1 heterocycles. The summed E-state index contributed by atoms with van der Waals surface area (Å²) in [6, 6.07) is 19.0. The molecule has 2 atom stereocenters. The summed E-state index contributed by atoms with van der Waals surface area (Å²) in [5, 5.41) is 34.7. The number of aromatic nitrogens is 1.